The number of nitriles is 1. The largest absolute Gasteiger partial charge is 0.380 e. The van der Waals surface area contributed by atoms with Crippen LogP contribution in [0.2, 0.25) is 0 Å². The average molecular weight is 428 g/mol. The number of carbonyl (C=O) groups is 2. The Hall–Kier alpha value is -3.50. The van der Waals surface area contributed by atoms with Gasteiger partial charge in [-0.15, -0.1) is 0 Å². The van der Waals surface area contributed by atoms with E-state index in [0.717, 1.165) is 27.3 Å². The van der Waals surface area contributed by atoms with E-state index < -0.39 is 5.60 Å². The van der Waals surface area contributed by atoms with E-state index in [1.54, 1.807) is 9.80 Å². The Balaban J connectivity index is 1.28. The van der Waals surface area contributed by atoms with Crippen LogP contribution in [0.3, 0.4) is 0 Å². The summed E-state index contributed by atoms with van der Waals surface area (Å²) in [6, 6.07) is 15.8. The van der Waals surface area contributed by atoms with E-state index in [9.17, 15) is 14.7 Å². The van der Waals surface area contributed by atoms with E-state index in [4.69, 9.17) is 5.26 Å². The third-order valence-corrected chi connectivity index (χ3v) is 6.55. The normalized spacial score (nSPS) is 18.6. The molecule has 5 rings (SSSR count). The van der Waals surface area contributed by atoms with Gasteiger partial charge in [0, 0.05) is 37.0 Å². The van der Waals surface area contributed by atoms with E-state index in [0.29, 0.717) is 57.5 Å². The SMILES string of the molecule is N#CCC1=c2cc(-c3ccc(C(=O)N4CCN(C(=O)C5(O)CC5)CC4)cc3)ccc2=NC1. The van der Waals surface area contributed by atoms with Gasteiger partial charge in [0.05, 0.1) is 24.4 Å². The molecule has 1 saturated carbocycles. The highest BCUT2D eigenvalue weighted by Crippen LogP contribution is 2.37. The second-order valence-corrected chi connectivity index (χ2v) is 8.68. The van der Waals surface area contributed by atoms with Gasteiger partial charge in [-0.1, -0.05) is 18.2 Å². The molecule has 1 N–H and O–H groups in total. The first-order valence-electron chi connectivity index (χ1n) is 10.9. The Labute approximate surface area is 185 Å². The first-order chi connectivity index (χ1) is 15.5. The van der Waals surface area contributed by atoms with E-state index in [2.05, 4.69) is 17.1 Å². The van der Waals surface area contributed by atoms with Gasteiger partial charge in [0.25, 0.3) is 11.8 Å². The van der Waals surface area contributed by atoms with Gasteiger partial charge in [-0.25, -0.2) is 0 Å². The summed E-state index contributed by atoms with van der Waals surface area (Å²) >= 11 is 0. The summed E-state index contributed by atoms with van der Waals surface area (Å²) in [5, 5.41) is 21.0. The third kappa shape index (κ3) is 3.67. The summed E-state index contributed by atoms with van der Waals surface area (Å²) in [5.74, 6) is -0.252. The van der Waals surface area contributed by atoms with E-state index >= 15 is 0 Å². The second-order valence-electron chi connectivity index (χ2n) is 8.68. The third-order valence-electron chi connectivity index (χ3n) is 6.55. The maximum absolute atomic E-state index is 12.9. The lowest BCUT2D eigenvalue weighted by Crippen LogP contribution is -2.53. The van der Waals surface area contributed by atoms with Gasteiger partial charge in [0.15, 0.2) is 0 Å². The van der Waals surface area contributed by atoms with Crippen molar-refractivity contribution in [2.75, 3.05) is 32.7 Å². The lowest BCUT2D eigenvalue weighted by molar-refractivity contribution is -0.143. The second kappa shape index (κ2) is 7.88. The fraction of sp³-hybridized carbons (Fsp3) is 0.360. The van der Waals surface area contributed by atoms with Gasteiger partial charge in [0.2, 0.25) is 0 Å². The van der Waals surface area contributed by atoms with Crippen molar-refractivity contribution >= 4 is 17.4 Å². The molecule has 0 bridgehead atoms. The average Bonchev–Trinajstić information content (AvgIpc) is 3.47. The predicted octanol–water partition coefficient (Wildman–Crippen LogP) is 0.860. The van der Waals surface area contributed by atoms with Crippen molar-refractivity contribution in [3.05, 3.63) is 58.6 Å². The monoisotopic (exact) mass is 428 g/mol. The van der Waals surface area contributed by atoms with Gasteiger partial charge < -0.3 is 14.9 Å². The molecule has 3 aliphatic rings. The van der Waals surface area contributed by atoms with Crippen molar-refractivity contribution in [1.82, 2.24) is 9.80 Å². The summed E-state index contributed by atoms with van der Waals surface area (Å²) in [6.07, 6.45) is 1.45. The molecule has 2 aromatic carbocycles. The van der Waals surface area contributed by atoms with Crippen molar-refractivity contribution in [1.29, 1.82) is 5.26 Å². The number of fused-ring (bicyclic) bond motifs is 1. The number of amides is 2. The molecule has 2 aliphatic heterocycles. The number of rotatable bonds is 4. The van der Waals surface area contributed by atoms with Crippen LogP contribution in [0, 0.1) is 11.3 Å². The molecule has 0 radical (unpaired) electrons. The Bertz CT molecular complexity index is 1250. The molecule has 0 aromatic heterocycles. The molecule has 162 valence electrons. The van der Waals surface area contributed by atoms with E-state index in [1.807, 2.05) is 36.4 Å². The van der Waals surface area contributed by atoms with Gasteiger partial charge in [-0.2, -0.15) is 5.26 Å². The van der Waals surface area contributed by atoms with Crippen LogP contribution in [0.25, 0.3) is 16.7 Å². The molecule has 2 heterocycles. The fourth-order valence-corrected chi connectivity index (χ4v) is 4.38. The molecule has 7 heteroatoms. The highest BCUT2D eigenvalue weighted by molar-refractivity contribution is 5.95. The molecule has 7 nitrogen and oxygen atoms in total. The predicted molar refractivity (Wildman–Crippen MR) is 118 cm³/mol. The quantitative estimate of drug-likeness (QED) is 0.781. The zero-order valence-corrected chi connectivity index (χ0v) is 17.8. The fourth-order valence-electron chi connectivity index (χ4n) is 4.38. The highest BCUT2D eigenvalue weighted by Gasteiger charge is 2.50. The minimum Gasteiger partial charge on any atom is -0.380 e. The Morgan fingerprint density at radius 2 is 1.66 bits per heavy atom. The molecular formula is C25H24N4O3. The van der Waals surface area contributed by atoms with Crippen molar-refractivity contribution in [3.8, 4) is 17.2 Å². The Morgan fingerprint density at radius 1 is 1.00 bits per heavy atom. The lowest BCUT2D eigenvalue weighted by Gasteiger charge is -2.35. The number of piperazine rings is 1. The molecule has 2 aromatic rings. The molecule has 2 amide bonds. The van der Waals surface area contributed by atoms with Gasteiger partial charge in [-0.05, 0) is 53.8 Å². The van der Waals surface area contributed by atoms with E-state index in [-0.39, 0.29) is 11.8 Å². The zero-order chi connectivity index (χ0) is 22.3. The minimum absolute atomic E-state index is 0.0498. The van der Waals surface area contributed by atoms with Crippen LogP contribution in [-0.4, -0.2) is 65.0 Å². The van der Waals surface area contributed by atoms with Crippen LogP contribution in [-0.2, 0) is 4.79 Å². The zero-order valence-electron chi connectivity index (χ0n) is 17.8. The van der Waals surface area contributed by atoms with Crippen LogP contribution in [0.15, 0.2) is 47.5 Å². The van der Waals surface area contributed by atoms with Crippen LogP contribution in [0.5, 0.6) is 0 Å². The number of nitrogens with zero attached hydrogens (tertiary/aromatic N) is 4. The number of hydrogen-bond acceptors (Lipinski definition) is 5. The summed E-state index contributed by atoms with van der Waals surface area (Å²) < 4.78 is 0. The maximum atomic E-state index is 12.9. The topological polar surface area (TPSA) is 97.0 Å². The summed E-state index contributed by atoms with van der Waals surface area (Å²) in [5.41, 5.74) is 2.53. The molecule has 1 saturated heterocycles. The van der Waals surface area contributed by atoms with Crippen molar-refractivity contribution < 1.29 is 14.7 Å². The summed E-state index contributed by atoms with van der Waals surface area (Å²) in [4.78, 5) is 33.1. The van der Waals surface area contributed by atoms with Crippen LogP contribution in [0.1, 0.15) is 29.6 Å². The standard InChI is InChI=1S/C25H24N4O3/c26-10-7-20-16-27-22-6-5-19(15-21(20)22)17-1-3-18(4-2-17)23(30)28-11-13-29(14-12-28)24(31)25(32)8-9-25/h1-6,15,32H,7-9,11-14,16H2. The smallest absolute Gasteiger partial charge is 0.254 e. The molecule has 0 atom stereocenters. The summed E-state index contributed by atoms with van der Waals surface area (Å²) in [6.45, 7) is 2.42. The van der Waals surface area contributed by atoms with Crippen molar-refractivity contribution in [2.45, 2.75) is 24.9 Å². The van der Waals surface area contributed by atoms with E-state index in [1.165, 1.54) is 0 Å². The highest BCUT2D eigenvalue weighted by atomic mass is 16.3. The number of benzene rings is 2. The molecule has 0 unspecified atom stereocenters. The maximum Gasteiger partial charge on any atom is 0.254 e. The van der Waals surface area contributed by atoms with Crippen LogP contribution >= 0.6 is 0 Å². The minimum atomic E-state index is -1.15. The van der Waals surface area contributed by atoms with Crippen molar-refractivity contribution in [3.63, 3.8) is 0 Å². The van der Waals surface area contributed by atoms with Crippen LogP contribution in [0.4, 0.5) is 0 Å². The lowest BCUT2D eigenvalue weighted by atomic mass is 10.0. The van der Waals surface area contributed by atoms with Crippen molar-refractivity contribution in [2.24, 2.45) is 4.99 Å². The van der Waals surface area contributed by atoms with Gasteiger partial charge in [0.1, 0.15) is 5.60 Å². The first-order valence-corrected chi connectivity index (χ1v) is 10.9. The molecule has 1 aliphatic carbocycles. The molecule has 0 spiro atoms. The van der Waals surface area contributed by atoms with Gasteiger partial charge in [-0.3, -0.25) is 14.6 Å². The summed E-state index contributed by atoms with van der Waals surface area (Å²) in [7, 11) is 0. The number of aliphatic hydroxyl groups is 1. The Morgan fingerprint density at radius 3 is 2.31 bits per heavy atom. The Kier molecular flexibility index (Phi) is 5.03. The van der Waals surface area contributed by atoms with Crippen LogP contribution < -0.4 is 10.6 Å². The molecular weight excluding hydrogens is 404 g/mol. The first kappa shape index (κ1) is 20.4. The number of carbonyl (C=O) groups excluding carboxylic acids is 2. The molecule has 2 fully saturated rings. The van der Waals surface area contributed by atoms with Gasteiger partial charge >= 0.3 is 0 Å². The number of hydrogen-bond donors (Lipinski definition) is 1. The molecule has 32 heavy (non-hydrogen) atoms.